The Labute approximate surface area is 328 Å². The molecule has 3 aromatic rings. The number of urea groups is 1. The van der Waals surface area contributed by atoms with Crippen LogP contribution < -0.4 is 14.4 Å². The van der Waals surface area contributed by atoms with E-state index in [1.807, 2.05) is 25.1 Å². The average Bonchev–Trinajstić information content (AvgIpc) is 3.49. The number of hydrogen-bond donors (Lipinski definition) is 1. The molecule has 0 radical (unpaired) electrons. The van der Waals surface area contributed by atoms with Gasteiger partial charge in [-0.2, -0.15) is 5.10 Å². The van der Waals surface area contributed by atoms with Gasteiger partial charge in [-0.25, -0.2) is 14.0 Å². The van der Waals surface area contributed by atoms with Crippen LogP contribution in [0.3, 0.4) is 0 Å². The van der Waals surface area contributed by atoms with Gasteiger partial charge in [0.1, 0.15) is 22.0 Å². The molecular weight excluding hydrogens is 742 g/mol. The number of amides is 3. The Morgan fingerprint density at radius 3 is 2.69 bits per heavy atom. The standard InChI is InChI=1S/C40H50ClN7O6S/c1-26-7-5-9-34(52-3)31-13-10-29(31)19-47-21-39(16-6-8-27-17-30(41)12-14-32(27)39)24-54-35-15-11-28(18-33(35)47)36(49)44-55(51,20-26)45-38(50)48-22-40(23-48,53-4)37-42-25-43-46(37)2/h5,9,11-12,14-15,17-18,25-26,29,31,34H,6-8,10,13,16,19-24H2,1-4H3,(H,44,45,49,50,51)/b9-5-/t26-,29-,31+,34-,39-,55?/m0/s1. The van der Waals surface area contributed by atoms with Crippen molar-refractivity contribution in [1.82, 2.24) is 24.4 Å². The lowest BCUT2D eigenvalue weighted by atomic mass is 9.68. The van der Waals surface area contributed by atoms with Gasteiger partial charge in [-0.05, 0) is 97.7 Å². The van der Waals surface area contributed by atoms with E-state index in [4.69, 9.17) is 25.8 Å². The van der Waals surface area contributed by atoms with Gasteiger partial charge >= 0.3 is 6.03 Å². The van der Waals surface area contributed by atoms with Crippen LogP contribution in [0, 0.1) is 17.8 Å². The summed E-state index contributed by atoms with van der Waals surface area (Å²) < 4.78 is 41.9. The van der Waals surface area contributed by atoms with Crippen LogP contribution in [-0.4, -0.2) is 94.7 Å². The third-order valence-electron chi connectivity index (χ3n) is 12.5. The van der Waals surface area contributed by atoms with E-state index in [0.29, 0.717) is 43.0 Å². The minimum atomic E-state index is -3.58. The van der Waals surface area contributed by atoms with Gasteiger partial charge in [0.15, 0.2) is 11.4 Å². The van der Waals surface area contributed by atoms with Crippen LogP contribution in [0.5, 0.6) is 5.75 Å². The summed E-state index contributed by atoms with van der Waals surface area (Å²) in [6.07, 6.45) is 11.2. The third-order valence-corrected chi connectivity index (χ3v) is 14.7. The van der Waals surface area contributed by atoms with Crippen LogP contribution in [0.4, 0.5) is 10.5 Å². The highest BCUT2D eigenvalue weighted by Crippen LogP contribution is 2.47. The van der Waals surface area contributed by atoms with E-state index in [2.05, 4.69) is 48.4 Å². The summed E-state index contributed by atoms with van der Waals surface area (Å²) in [5, 5.41) is 4.88. The number of hydrogen-bond acceptors (Lipinski definition) is 9. The minimum Gasteiger partial charge on any atom is -0.490 e. The molecule has 15 heteroatoms. The number of ether oxygens (including phenoxy) is 3. The van der Waals surface area contributed by atoms with Crippen LogP contribution in [0.15, 0.2) is 59.2 Å². The van der Waals surface area contributed by atoms with E-state index in [9.17, 15) is 13.8 Å². The summed E-state index contributed by atoms with van der Waals surface area (Å²) in [5.74, 6) is 1.13. The van der Waals surface area contributed by atoms with E-state index in [1.165, 1.54) is 22.4 Å². The molecule has 13 nitrogen and oxygen atoms in total. The van der Waals surface area contributed by atoms with Crippen molar-refractivity contribution < 1.29 is 28.0 Å². The first-order valence-electron chi connectivity index (χ1n) is 19.2. The summed E-state index contributed by atoms with van der Waals surface area (Å²) in [7, 11) is 1.50. The highest BCUT2D eigenvalue weighted by molar-refractivity contribution is 7.92. The number of halogens is 1. The fraction of sp³-hybridized carbons (Fsp3) is 0.550. The summed E-state index contributed by atoms with van der Waals surface area (Å²) in [4.78, 5) is 36.0. The number of carbonyl (C=O) groups excluding carboxylic acids is 2. The Kier molecular flexibility index (Phi) is 10.2. The molecule has 1 aromatic heterocycles. The Balaban J connectivity index is 1.14. The van der Waals surface area contributed by atoms with Gasteiger partial charge in [-0.3, -0.25) is 14.2 Å². The number of aryl methyl sites for hydroxylation is 2. The van der Waals surface area contributed by atoms with Crippen LogP contribution in [-0.2, 0) is 43.9 Å². The lowest BCUT2D eigenvalue weighted by Gasteiger charge is -2.47. The zero-order chi connectivity index (χ0) is 38.5. The Hall–Kier alpha value is -3.98. The first-order valence-corrected chi connectivity index (χ1v) is 21.3. The number of nitrogens with one attached hydrogen (secondary N) is 1. The lowest BCUT2D eigenvalue weighted by Crippen LogP contribution is -2.65. The molecule has 1 spiro atoms. The van der Waals surface area contributed by atoms with E-state index in [1.54, 1.807) is 32.0 Å². The van der Waals surface area contributed by atoms with Crippen molar-refractivity contribution in [2.75, 3.05) is 57.7 Å². The van der Waals surface area contributed by atoms with Crippen molar-refractivity contribution >= 4 is 39.1 Å². The molecule has 4 heterocycles. The molecule has 6 atom stereocenters. The molecule has 1 saturated heterocycles. The molecular formula is C40H50ClN7O6S. The Morgan fingerprint density at radius 2 is 1.96 bits per heavy atom. The molecule has 5 aliphatic rings. The lowest BCUT2D eigenvalue weighted by molar-refractivity contribution is -0.118. The summed E-state index contributed by atoms with van der Waals surface area (Å²) in [6, 6.07) is 11.0. The number of fused-ring (bicyclic) bond motifs is 4. The number of anilines is 1. The topological polar surface area (TPSA) is 140 Å². The monoisotopic (exact) mass is 791 g/mol. The van der Waals surface area contributed by atoms with Gasteiger partial charge in [-0.1, -0.05) is 36.7 Å². The number of likely N-dealkylation sites (tertiary alicyclic amines) is 1. The molecule has 294 valence electrons. The smallest absolute Gasteiger partial charge is 0.330 e. The predicted octanol–water partition coefficient (Wildman–Crippen LogP) is 5.67. The normalized spacial score (nSPS) is 30.7. The van der Waals surface area contributed by atoms with Gasteiger partial charge in [0.25, 0.3) is 5.91 Å². The molecule has 55 heavy (non-hydrogen) atoms. The van der Waals surface area contributed by atoms with Gasteiger partial charge in [0.2, 0.25) is 0 Å². The minimum absolute atomic E-state index is 0.0167. The highest BCUT2D eigenvalue weighted by atomic mass is 35.5. The van der Waals surface area contributed by atoms with Crippen LogP contribution in [0.1, 0.15) is 66.3 Å². The first kappa shape index (κ1) is 37.9. The Bertz CT molecular complexity index is 2130. The summed E-state index contributed by atoms with van der Waals surface area (Å²) in [6.45, 7) is 4.26. The number of carbonyl (C=O) groups is 2. The number of allylic oxidation sites excluding steroid dienone is 1. The van der Waals surface area contributed by atoms with E-state index in [0.717, 1.165) is 49.4 Å². The quantitative estimate of drug-likeness (QED) is 0.331. The fourth-order valence-corrected chi connectivity index (χ4v) is 11.4. The van der Waals surface area contributed by atoms with Gasteiger partial charge < -0.3 is 24.0 Å². The molecule has 2 aliphatic carbocycles. The highest BCUT2D eigenvalue weighted by Gasteiger charge is 2.51. The predicted molar refractivity (Wildman–Crippen MR) is 210 cm³/mol. The second-order valence-corrected chi connectivity index (χ2v) is 18.6. The number of benzene rings is 2. The van der Waals surface area contributed by atoms with Crippen molar-refractivity contribution in [1.29, 1.82) is 0 Å². The zero-order valence-corrected chi connectivity index (χ0v) is 33.5. The second kappa shape index (κ2) is 14.8. The molecule has 3 amide bonds. The maximum absolute atomic E-state index is 14.7. The van der Waals surface area contributed by atoms with Gasteiger partial charge in [0, 0.05) is 50.4 Å². The number of methoxy groups -OCH3 is 2. The van der Waals surface area contributed by atoms with Crippen LogP contribution in [0.2, 0.25) is 5.02 Å². The third kappa shape index (κ3) is 7.15. The zero-order valence-electron chi connectivity index (χ0n) is 31.9. The molecule has 1 unspecified atom stereocenters. The van der Waals surface area contributed by atoms with Crippen molar-refractivity contribution in [3.63, 3.8) is 0 Å². The molecule has 8 rings (SSSR count). The van der Waals surface area contributed by atoms with Gasteiger partial charge in [0.05, 0.1) is 37.2 Å². The average molecular weight is 792 g/mol. The summed E-state index contributed by atoms with van der Waals surface area (Å²) >= 11 is 6.47. The fourth-order valence-electron chi connectivity index (χ4n) is 9.35. The summed E-state index contributed by atoms with van der Waals surface area (Å²) in [5.41, 5.74) is 2.50. The van der Waals surface area contributed by atoms with Crippen molar-refractivity contribution in [2.24, 2.45) is 29.2 Å². The van der Waals surface area contributed by atoms with Crippen molar-refractivity contribution in [2.45, 2.75) is 62.6 Å². The van der Waals surface area contributed by atoms with Crippen LogP contribution in [0.25, 0.3) is 0 Å². The maximum Gasteiger partial charge on any atom is 0.330 e. The molecule has 1 N–H and O–H groups in total. The molecule has 2 fully saturated rings. The van der Waals surface area contributed by atoms with Crippen molar-refractivity contribution in [3.05, 3.63) is 82.4 Å². The first-order chi connectivity index (χ1) is 26.4. The van der Waals surface area contributed by atoms with E-state index < -0.39 is 27.5 Å². The second-order valence-electron chi connectivity index (χ2n) is 16.1. The SMILES string of the molecule is CO[C@H]1/C=C\C[C@H](C)CS(=O)(NC(=O)N2CC(OC)(c3ncnn3C)C2)=NC(=O)c2ccc3c(c2)N(C[C@@H]2CC[C@H]21)C[C@@]1(CCCc2cc(Cl)ccc21)CO3. The molecule has 3 aliphatic heterocycles. The van der Waals surface area contributed by atoms with Gasteiger partial charge in [-0.15, -0.1) is 4.36 Å². The maximum atomic E-state index is 14.7. The Morgan fingerprint density at radius 1 is 1.13 bits per heavy atom. The van der Waals surface area contributed by atoms with Crippen molar-refractivity contribution in [3.8, 4) is 5.75 Å². The number of aromatic nitrogens is 3. The van der Waals surface area contributed by atoms with E-state index in [-0.39, 0.29) is 41.8 Å². The number of nitrogens with zero attached hydrogens (tertiary/aromatic N) is 6. The van der Waals surface area contributed by atoms with E-state index >= 15 is 0 Å². The largest absolute Gasteiger partial charge is 0.490 e. The number of rotatable bonds is 4. The molecule has 2 bridgehead atoms. The molecule has 2 aromatic carbocycles. The van der Waals surface area contributed by atoms with Crippen LogP contribution >= 0.6 is 11.6 Å². The molecule has 1 saturated carbocycles.